The zero-order valence-electron chi connectivity index (χ0n) is 27.1. The zero-order chi connectivity index (χ0) is 30.3. The van der Waals surface area contributed by atoms with Crippen LogP contribution in [-0.4, -0.2) is 22.7 Å². The van der Waals surface area contributed by atoms with E-state index in [0.29, 0.717) is 41.1 Å². The second-order valence-corrected chi connectivity index (χ2v) is 16.7. The number of carboxylic acids is 1. The summed E-state index contributed by atoms with van der Waals surface area (Å²) < 4.78 is 0. The smallest absolute Gasteiger partial charge is 0.309 e. The Morgan fingerprint density at radius 1 is 0.857 bits per heavy atom. The Balaban J connectivity index is 1.29. The molecule has 5 saturated carbocycles. The van der Waals surface area contributed by atoms with Crippen molar-refractivity contribution in [2.45, 2.75) is 113 Å². The summed E-state index contributed by atoms with van der Waals surface area (Å²) in [7, 11) is 0. The molecule has 1 aromatic carbocycles. The number of nitrogens with one attached hydrogen (secondary N) is 1. The van der Waals surface area contributed by atoms with Crippen molar-refractivity contribution in [1.82, 2.24) is 5.43 Å². The summed E-state index contributed by atoms with van der Waals surface area (Å²) in [6.07, 6.45) is 10.7. The quantitative estimate of drug-likeness (QED) is 0.354. The van der Waals surface area contributed by atoms with Crippen molar-refractivity contribution < 1.29 is 14.7 Å². The normalized spacial score (nSPS) is 45.0. The summed E-state index contributed by atoms with van der Waals surface area (Å²) in [6, 6.07) is 9.35. The maximum absolute atomic E-state index is 12.9. The number of nitrogens with zero attached hydrogens (tertiary/aromatic N) is 1. The highest BCUT2D eigenvalue weighted by molar-refractivity contribution is 5.96. The number of fused-ring (bicyclic) bond motifs is 7. The Kier molecular flexibility index (Phi) is 7.06. The summed E-state index contributed by atoms with van der Waals surface area (Å²) in [5.41, 5.74) is 4.66. The molecule has 6 rings (SSSR count). The number of hydrogen-bond donors (Lipinski definition) is 2. The zero-order valence-corrected chi connectivity index (χ0v) is 27.1. The van der Waals surface area contributed by atoms with Crippen molar-refractivity contribution in [1.29, 1.82) is 0 Å². The minimum atomic E-state index is -0.513. The van der Waals surface area contributed by atoms with Gasteiger partial charge in [-0.05, 0) is 128 Å². The lowest BCUT2D eigenvalue weighted by molar-refractivity contribution is -0.232. The summed E-state index contributed by atoms with van der Waals surface area (Å²) in [4.78, 5) is 25.7. The summed E-state index contributed by atoms with van der Waals surface area (Å²) >= 11 is 0. The molecule has 0 heterocycles. The van der Waals surface area contributed by atoms with Crippen LogP contribution in [0.4, 0.5) is 0 Å². The van der Waals surface area contributed by atoms with Crippen LogP contribution in [0.25, 0.3) is 0 Å². The second kappa shape index (κ2) is 9.92. The van der Waals surface area contributed by atoms with E-state index < -0.39 is 11.4 Å². The Morgan fingerprint density at radius 3 is 2.24 bits per heavy atom. The number of amides is 1. The van der Waals surface area contributed by atoms with Gasteiger partial charge in [-0.15, -0.1) is 0 Å². The maximum atomic E-state index is 12.9. The molecule has 5 fully saturated rings. The first-order chi connectivity index (χ1) is 19.7. The van der Waals surface area contributed by atoms with Crippen LogP contribution in [0, 0.1) is 62.6 Å². The van der Waals surface area contributed by atoms with Crippen molar-refractivity contribution >= 4 is 17.6 Å². The van der Waals surface area contributed by atoms with Crippen LogP contribution < -0.4 is 5.43 Å². The van der Waals surface area contributed by atoms with Gasteiger partial charge in [-0.3, -0.25) is 9.59 Å². The third-order valence-corrected chi connectivity index (χ3v) is 14.9. The van der Waals surface area contributed by atoms with Crippen LogP contribution in [0.3, 0.4) is 0 Å². The van der Waals surface area contributed by atoms with Gasteiger partial charge in [0, 0.05) is 16.7 Å². The number of carbonyl (C=O) groups is 2. The van der Waals surface area contributed by atoms with Gasteiger partial charge in [0.25, 0.3) is 5.91 Å². The highest BCUT2D eigenvalue weighted by Crippen LogP contribution is 2.77. The molecule has 1 aromatic rings. The molecule has 1 amide bonds. The molecule has 0 saturated heterocycles. The van der Waals surface area contributed by atoms with Crippen LogP contribution in [0.1, 0.15) is 123 Å². The average Bonchev–Trinajstić information content (AvgIpc) is 3.35. The van der Waals surface area contributed by atoms with E-state index in [1.54, 1.807) is 0 Å². The van der Waals surface area contributed by atoms with E-state index in [4.69, 9.17) is 5.10 Å². The standard InChI is InChI=1S/C37H54N2O3/c1-23(2)25-15-20-37(32(41)42)22-21-35(6)26(30(25)37)13-14-28-34(5)18-17-29(33(3,4)27(34)16-19-36(28,35)7)38-39-31(40)24-11-9-8-10-12-24/h8-12,23,25-28,30H,13-22H2,1-7H3,(H,39,40)(H,41,42)/b38-29+/t25-,26+,27-,28+,30+,34-,35+,36+,37-/m0/s1. The first-order valence-electron chi connectivity index (χ1n) is 16.9. The molecule has 0 spiro atoms. The fourth-order valence-electron chi connectivity index (χ4n) is 12.5. The van der Waals surface area contributed by atoms with E-state index >= 15 is 0 Å². The van der Waals surface area contributed by atoms with Crippen molar-refractivity contribution in [3.05, 3.63) is 35.9 Å². The molecule has 42 heavy (non-hydrogen) atoms. The third kappa shape index (κ3) is 3.96. The number of carbonyl (C=O) groups excluding carboxylic acids is 1. The Labute approximate surface area is 253 Å². The van der Waals surface area contributed by atoms with E-state index in [1.807, 2.05) is 30.3 Å². The van der Waals surface area contributed by atoms with Gasteiger partial charge in [0.1, 0.15) is 0 Å². The molecule has 0 aliphatic heterocycles. The van der Waals surface area contributed by atoms with E-state index in [0.717, 1.165) is 44.2 Å². The minimum absolute atomic E-state index is 0.0880. The highest BCUT2D eigenvalue weighted by Gasteiger charge is 2.72. The molecule has 0 radical (unpaired) electrons. The Hall–Kier alpha value is -2.17. The van der Waals surface area contributed by atoms with E-state index in [9.17, 15) is 14.7 Å². The van der Waals surface area contributed by atoms with Crippen LogP contribution in [0.15, 0.2) is 35.4 Å². The van der Waals surface area contributed by atoms with Gasteiger partial charge >= 0.3 is 5.97 Å². The summed E-state index contributed by atoms with van der Waals surface area (Å²) in [6.45, 7) is 17.2. The number of rotatable bonds is 4. The SMILES string of the molecule is CC(C)[C@@H]1CC[C@]2(C(=O)O)CC[C@]3(C)[C@H](CC[C@@H]4[C@@]5(C)CC/C(=N\NC(=O)c6ccccc6)C(C)(C)[C@@H]5CC[C@]43C)[C@@H]12. The second-order valence-electron chi connectivity index (χ2n) is 16.7. The Morgan fingerprint density at radius 2 is 1.57 bits per heavy atom. The lowest BCUT2D eigenvalue weighted by Gasteiger charge is -2.72. The Bertz CT molecular complexity index is 1270. The number of aliphatic carboxylic acids is 1. The molecule has 0 bridgehead atoms. The number of carboxylic acid groups (broad SMARTS) is 1. The lowest BCUT2D eigenvalue weighted by atomic mass is 9.32. The maximum Gasteiger partial charge on any atom is 0.309 e. The molecular formula is C37H54N2O3. The van der Waals surface area contributed by atoms with Gasteiger partial charge < -0.3 is 5.11 Å². The van der Waals surface area contributed by atoms with Crippen LogP contribution in [0.5, 0.6) is 0 Å². The molecule has 0 aromatic heterocycles. The van der Waals surface area contributed by atoms with Crippen molar-refractivity contribution in [3.8, 4) is 0 Å². The van der Waals surface area contributed by atoms with Gasteiger partial charge in [0.15, 0.2) is 0 Å². The van der Waals surface area contributed by atoms with E-state index in [-0.39, 0.29) is 27.6 Å². The summed E-state index contributed by atoms with van der Waals surface area (Å²) in [5.74, 6) is 2.36. The fourth-order valence-corrected chi connectivity index (χ4v) is 12.5. The number of benzene rings is 1. The van der Waals surface area contributed by atoms with Crippen LogP contribution in [-0.2, 0) is 4.79 Å². The average molecular weight is 575 g/mol. The molecule has 5 heteroatoms. The largest absolute Gasteiger partial charge is 0.481 e. The van der Waals surface area contributed by atoms with Gasteiger partial charge in [-0.1, -0.05) is 66.7 Å². The molecule has 2 N–H and O–H groups in total. The topological polar surface area (TPSA) is 78.8 Å². The molecule has 5 nitrogen and oxygen atoms in total. The minimum Gasteiger partial charge on any atom is -0.481 e. The van der Waals surface area contributed by atoms with E-state index in [2.05, 4.69) is 53.9 Å². The lowest BCUT2D eigenvalue weighted by Crippen LogP contribution is -2.66. The van der Waals surface area contributed by atoms with Gasteiger partial charge in [-0.25, -0.2) is 5.43 Å². The first-order valence-corrected chi connectivity index (χ1v) is 16.9. The van der Waals surface area contributed by atoms with Crippen LogP contribution in [0.2, 0.25) is 0 Å². The monoisotopic (exact) mass is 574 g/mol. The van der Waals surface area contributed by atoms with E-state index in [1.165, 1.54) is 25.7 Å². The molecule has 5 aliphatic carbocycles. The summed E-state index contributed by atoms with van der Waals surface area (Å²) in [5, 5.41) is 15.4. The number of hydrazone groups is 1. The molecule has 0 unspecified atom stereocenters. The highest BCUT2D eigenvalue weighted by atomic mass is 16.4. The third-order valence-electron chi connectivity index (χ3n) is 14.9. The number of hydrogen-bond acceptors (Lipinski definition) is 3. The molecule has 9 atom stereocenters. The fraction of sp³-hybridized carbons (Fsp3) is 0.757. The predicted molar refractivity (Wildman–Crippen MR) is 168 cm³/mol. The predicted octanol–water partition coefficient (Wildman–Crippen LogP) is 8.59. The van der Waals surface area contributed by atoms with Crippen molar-refractivity contribution in [2.24, 2.45) is 67.7 Å². The van der Waals surface area contributed by atoms with Gasteiger partial charge in [-0.2, -0.15) is 5.10 Å². The van der Waals surface area contributed by atoms with Crippen LogP contribution >= 0.6 is 0 Å². The molecular weight excluding hydrogens is 520 g/mol. The van der Waals surface area contributed by atoms with Gasteiger partial charge in [0.05, 0.1) is 5.41 Å². The van der Waals surface area contributed by atoms with Crippen molar-refractivity contribution in [3.63, 3.8) is 0 Å². The van der Waals surface area contributed by atoms with Gasteiger partial charge in [0.2, 0.25) is 0 Å². The molecule has 5 aliphatic rings. The van der Waals surface area contributed by atoms with Crippen molar-refractivity contribution in [2.75, 3.05) is 0 Å². The first kappa shape index (κ1) is 29.9. The molecule has 230 valence electrons.